The summed E-state index contributed by atoms with van der Waals surface area (Å²) in [5, 5.41) is 8.06. The van der Waals surface area contributed by atoms with Gasteiger partial charge in [0, 0.05) is 5.39 Å². The summed E-state index contributed by atoms with van der Waals surface area (Å²) in [6.07, 6.45) is 1.58. The summed E-state index contributed by atoms with van der Waals surface area (Å²) >= 11 is 0. The molecule has 66 valence electrons. The van der Waals surface area contributed by atoms with Gasteiger partial charge in [0.15, 0.2) is 0 Å². The highest BCUT2D eigenvalue weighted by atomic mass is 16.2. The number of para-hydroxylation sites is 1. The van der Waals surface area contributed by atoms with Crippen LogP contribution in [-0.2, 0) is 0 Å². The van der Waals surface area contributed by atoms with E-state index in [9.17, 15) is 4.79 Å². The molecule has 1 aliphatic heterocycles. The fourth-order valence-electron chi connectivity index (χ4n) is 1.58. The van der Waals surface area contributed by atoms with Gasteiger partial charge in [0.2, 0.25) is 0 Å². The first-order chi connectivity index (χ1) is 6.86. The molecule has 0 N–H and O–H groups in total. The molecule has 1 aliphatic rings. The quantitative estimate of drug-likeness (QED) is 0.629. The standard InChI is InChI=1S/C10H5N3O/c14-10-9-6-3-1-2-4-7(6)11-5-8(9)12-13-10/h1-5H. The minimum absolute atomic E-state index is 0.279. The number of rotatable bonds is 0. The van der Waals surface area contributed by atoms with E-state index in [-0.39, 0.29) is 5.91 Å². The lowest BCUT2D eigenvalue weighted by atomic mass is 10.1. The number of carbonyl (C=O) groups is 1. The third kappa shape index (κ3) is 0.821. The molecule has 1 aromatic heterocycles. The van der Waals surface area contributed by atoms with Crippen molar-refractivity contribution in [1.29, 1.82) is 0 Å². The highest BCUT2D eigenvalue weighted by molar-refractivity contribution is 6.12. The molecule has 0 bridgehead atoms. The minimum Gasteiger partial charge on any atom is -0.265 e. The van der Waals surface area contributed by atoms with Crippen LogP contribution in [0.15, 0.2) is 40.7 Å². The zero-order valence-corrected chi connectivity index (χ0v) is 7.14. The number of amides is 1. The second-order valence-corrected chi connectivity index (χ2v) is 3.04. The summed E-state index contributed by atoms with van der Waals surface area (Å²) in [7, 11) is 0. The molecule has 0 radical (unpaired) electrons. The van der Waals surface area contributed by atoms with Gasteiger partial charge >= 0.3 is 0 Å². The maximum absolute atomic E-state index is 11.4. The summed E-state index contributed by atoms with van der Waals surface area (Å²) in [5.41, 5.74) is 1.93. The van der Waals surface area contributed by atoms with E-state index in [0.29, 0.717) is 11.3 Å². The van der Waals surface area contributed by atoms with Gasteiger partial charge in [-0.1, -0.05) is 18.2 Å². The van der Waals surface area contributed by atoms with Gasteiger partial charge in [-0.3, -0.25) is 9.78 Å². The van der Waals surface area contributed by atoms with Gasteiger partial charge in [-0.25, -0.2) is 0 Å². The first-order valence-electron chi connectivity index (χ1n) is 4.20. The fourth-order valence-corrected chi connectivity index (χ4v) is 1.58. The van der Waals surface area contributed by atoms with Gasteiger partial charge in [-0.15, -0.1) is 10.2 Å². The smallest absolute Gasteiger partial charge is 0.265 e. The second kappa shape index (κ2) is 2.45. The number of pyridine rings is 1. The summed E-state index contributed by atoms with van der Waals surface area (Å²) < 4.78 is 0. The van der Waals surface area contributed by atoms with Gasteiger partial charge in [-0.2, -0.15) is 0 Å². The lowest BCUT2D eigenvalue weighted by Crippen LogP contribution is -1.92. The number of hydrogen-bond acceptors (Lipinski definition) is 3. The molecule has 4 heteroatoms. The normalized spacial score (nSPS) is 13.6. The molecule has 0 aliphatic carbocycles. The Hall–Kier alpha value is -2.10. The zero-order valence-electron chi connectivity index (χ0n) is 7.14. The second-order valence-electron chi connectivity index (χ2n) is 3.04. The number of azo groups is 1. The SMILES string of the molecule is O=C1N=Nc2cnc3ccccc3c21. The van der Waals surface area contributed by atoms with E-state index in [1.54, 1.807) is 6.20 Å². The highest BCUT2D eigenvalue weighted by Crippen LogP contribution is 2.31. The average Bonchev–Trinajstić information content (AvgIpc) is 2.61. The molecular weight excluding hydrogens is 178 g/mol. The monoisotopic (exact) mass is 183 g/mol. The average molecular weight is 183 g/mol. The molecule has 0 saturated carbocycles. The van der Waals surface area contributed by atoms with Crippen LogP contribution in [-0.4, -0.2) is 10.9 Å². The van der Waals surface area contributed by atoms with Crippen LogP contribution in [0.2, 0.25) is 0 Å². The molecule has 14 heavy (non-hydrogen) atoms. The maximum atomic E-state index is 11.4. The van der Waals surface area contributed by atoms with Crippen molar-refractivity contribution in [2.45, 2.75) is 0 Å². The summed E-state index contributed by atoms with van der Waals surface area (Å²) in [5.74, 6) is -0.279. The Morgan fingerprint density at radius 3 is 2.86 bits per heavy atom. The molecule has 1 amide bonds. The number of hydrogen-bond donors (Lipinski definition) is 0. The van der Waals surface area contributed by atoms with E-state index in [1.807, 2.05) is 24.3 Å². The van der Waals surface area contributed by atoms with Crippen LogP contribution in [0.5, 0.6) is 0 Å². The van der Waals surface area contributed by atoms with Crippen molar-refractivity contribution in [3.8, 4) is 0 Å². The van der Waals surface area contributed by atoms with Crippen molar-refractivity contribution < 1.29 is 4.79 Å². The number of fused-ring (bicyclic) bond motifs is 3. The van der Waals surface area contributed by atoms with Crippen LogP contribution >= 0.6 is 0 Å². The minimum atomic E-state index is -0.279. The van der Waals surface area contributed by atoms with Crippen molar-refractivity contribution >= 4 is 22.5 Å². The summed E-state index contributed by atoms with van der Waals surface area (Å²) in [6.45, 7) is 0. The summed E-state index contributed by atoms with van der Waals surface area (Å²) in [4.78, 5) is 15.6. The van der Waals surface area contributed by atoms with Crippen molar-refractivity contribution in [2.24, 2.45) is 10.2 Å². The molecular formula is C10H5N3O. The van der Waals surface area contributed by atoms with Crippen molar-refractivity contribution in [1.82, 2.24) is 4.98 Å². The maximum Gasteiger partial charge on any atom is 0.298 e. The Bertz CT molecular complexity index is 575. The molecule has 2 heterocycles. The predicted molar refractivity (Wildman–Crippen MR) is 50.6 cm³/mol. The molecule has 0 atom stereocenters. The Labute approximate surface area is 79.3 Å². The number of nitrogens with zero attached hydrogens (tertiary/aromatic N) is 3. The van der Waals surface area contributed by atoms with Crippen LogP contribution in [0.3, 0.4) is 0 Å². The zero-order chi connectivity index (χ0) is 9.54. The van der Waals surface area contributed by atoms with Crippen molar-refractivity contribution in [3.63, 3.8) is 0 Å². The predicted octanol–water partition coefficient (Wildman–Crippen LogP) is 2.47. The van der Waals surface area contributed by atoms with E-state index in [0.717, 1.165) is 10.9 Å². The number of aromatic nitrogens is 1. The third-order valence-corrected chi connectivity index (χ3v) is 2.22. The van der Waals surface area contributed by atoms with E-state index in [4.69, 9.17) is 0 Å². The molecule has 0 saturated heterocycles. The number of carbonyl (C=O) groups excluding carboxylic acids is 1. The molecule has 3 rings (SSSR count). The van der Waals surface area contributed by atoms with Crippen LogP contribution in [0.1, 0.15) is 10.4 Å². The third-order valence-electron chi connectivity index (χ3n) is 2.22. The van der Waals surface area contributed by atoms with Gasteiger partial charge in [-0.05, 0) is 6.07 Å². The Morgan fingerprint density at radius 1 is 1.07 bits per heavy atom. The van der Waals surface area contributed by atoms with Crippen molar-refractivity contribution in [2.75, 3.05) is 0 Å². The first-order valence-corrected chi connectivity index (χ1v) is 4.20. The Balaban J connectivity index is 2.50. The molecule has 4 nitrogen and oxygen atoms in total. The van der Waals surface area contributed by atoms with Gasteiger partial charge in [0.1, 0.15) is 5.69 Å². The van der Waals surface area contributed by atoms with E-state index < -0.39 is 0 Å². The molecule has 0 fully saturated rings. The van der Waals surface area contributed by atoms with Gasteiger partial charge in [0.25, 0.3) is 5.91 Å². The van der Waals surface area contributed by atoms with Crippen LogP contribution in [0.25, 0.3) is 10.9 Å². The topological polar surface area (TPSA) is 54.7 Å². The molecule has 2 aromatic rings. The first kappa shape index (κ1) is 7.32. The number of benzene rings is 1. The van der Waals surface area contributed by atoms with Crippen LogP contribution < -0.4 is 0 Å². The van der Waals surface area contributed by atoms with Crippen LogP contribution in [0, 0.1) is 0 Å². The van der Waals surface area contributed by atoms with E-state index >= 15 is 0 Å². The lowest BCUT2D eigenvalue weighted by molar-refractivity contribution is 0.100. The fraction of sp³-hybridized carbons (Fsp3) is 0. The highest BCUT2D eigenvalue weighted by Gasteiger charge is 2.20. The Morgan fingerprint density at radius 2 is 1.93 bits per heavy atom. The van der Waals surface area contributed by atoms with Gasteiger partial charge in [0.05, 0.1) is 17.3 Å². The van der Waals surface area contributed by atoms with E-state index in [1.165, 1.54) is 0 Å². The summed E-state index contributed by atoms with van der Waals surface area (Å²) in [6, 6.07) is 7.47. The van der Waals surface area contributed by atoms with Gasteiger partial charge < -0.3 is 0 Å². The van der Waals surface area contributed by atoms with E-state index in [2.05, 4.69) is 15.2 Å². The lowest BCUT2D eigenvalue weighted by Gasteiger charge is -1.99. The molecule has 0 spiro atoms. The largest absolute Gasteiger partial charge is 0.298 e. The Kier molecular flexibility index (Phi) is 1.28. The van der Waals surface area contributed by atoms with Crippen LogP contribution in [0.4, 0.5) is 5.69 Å². The molecule has 1 aromatic carbocycles. The molecule has 0 unspecified atom stereocenters. The van der Waals surface area contributed by atoms with Crippen molar-refractivity contribution in [3.05, 3.63) is 36.0 Å².